The first-order valence-electron chi connectivity index (χ1n) is 8.77. The Labute approximate surface area is 143 Å². The van der Waals surface area contributed by atoms with Gasteiger partial charge in [0.1, 0.15) is 0 Å². The smallest absolute Gasteiger partial charge is 0.223 e. The number of carbonyl (C=O) groups excluding carboxylic acids is 1. The van der Waals surface area contributed by atoms with Crippen molar-refractivity contribution in [2.45, 2.75) is 52.0 Å². The molecule has 0 radical (unpaired) electrons. The second kappa shape index (κ2) is 7.16. The molecule has 1 aliphatic rings. The van der Waals surface area contributed by atoms with Crippen LogP contribution >= 0.6 is 0 Å². The second-order valence-electron chi connectivity index (χ2n) is 6.63. The van der Waals surface area contributed by atoms with Crippen LogP contribution in [0.1, 0.15) is 54.4 Å². The Morgan fingerprint density at radius 3 is 2.83 bits per heavy atom. The van der Waals surface area contributed by atoms with Crippen LogP contribution in [-0.4, -0.2) is 32.1 Å². The van der Waals surface area contributed by atoms with Crippen LogP contribution in [0.2, 0.25) is 0 Å². The van der Waals surface area contributed by atoms with Crippen molar-refractivity contribution in [1.29, 1.82) is 0 Å². The molecule has 1 saturated heterocycles. The molecule has 0 saturated carbocycles. The number of aromatic nitrogens is 3. The van der Waals surface area contributed by atoms with Crippen molar-refractivity contribution in [3.05, 3.63) is 47.0 Å². The van der Waals surface area contributed by atoms with Crippen molar-refractivity contribution in [2.75, 3.05) is 6.54 Å². The monoisotopic (exact) mass is 326 g/mol. The third-order valence-electron chi connectivity index (χ3n) is 5.02. The predicted octanol–water partition coefficient (Wildman–Crippen LogP) is 3.12. The van der Waals surface area contributed by atoms with E-state index in [-0.39, 0.29) is 11.9 Å². The lowest BCUT2D eigenvalue weighted by Gasteiger charge is -2.25. The van der Waals surface area contributed by atoms with Crippen LogP contribution in [0.4, 0.5) is 0 Å². The topological polar surface area (TPSA) is 51.0 Å². The van der Waals surface area contributed by atoms with Gasteiger partial charge in [-0.3, -0.25) is 14.5 Å². The van der Waals surface area contributed by atoms with E-state index in [1.165, 1.54) is 11.3 Å². The average molecular weight is 326 g/mol. The summed E-state index contributed by atoms with van der Waals surface area (Å²) in [6.45, 7) is 5.00. The Hall–Kier alpha value is -2.17. The lowest BCUT2D eigenvalue weighted by Crippen LogP contribution is -2.31. The summed E-state index contributed by atoms with van der Waals surface area (Å²) >= 11 is 0. The van der Waals surface area contributed by atoms with Gasteiger partial charge in [-0.15, -0.1) is 0 Å². The fourth-order valence-electron chi connectivity index (χ4n) is 3.75. The third kappa shape index (κ3) is 3.35. The molecule has 5 nitrogen and oxygen atoms in total. The maximum atomic E-state index is 12.7. The molecule has 0 spiro atoms. The van der Waals surface area contributed by atoms with E-state index in [0.717, 1.165) is 43.6 Å². The number of pyridine rings is 1. The van der Waals surface area contributed by atoms with Crippen LogP contribution in [0.3, 0.4) is 0 Å². The van der Waals surface area contributed by atoms with Crippen molar-refractivity contribution >= 4 is 5.91 Å². The molecule has 1 aliphatic heterocycles. The number of amides is 1. The van der Waals surface area contributed by atoms with E-state index in [9.17, 15) is 4.79 Å². The van der Waals surface area contributed by atoms with E-state index >= 15 is 0 Å². The Morgan fingerprint density at radius 1 is 1.33 bits per heavy atom. The van der Waals surface area contributed by atoms with Crippen LogP contribution in [-0.2, 0) is 18.3 Å². The SMILES string of the molecule is Cc1nn(C)c(C)c1C1CCCN1C(=O)CCCc1ccccn1. The molecule has 0 bridgehead atoms. The summed E-state index contributed by atoms with van der Waals surface area (Å²) in [5.41, 5.74) is 4.52. The Bertz CT molecular complexity index is 708. The normalized spacial score (nSPS) is 17.5. The zero-order valence-corrected chi connectivity index (χ0v) is 14.8. The summed E-state index contributed by atoms with van der Waals surface area (Å²) in [4.78, 5) is 19.1. The zero-order chi connectivity index (χ0) is 17.1. The van der Waals surface area contributed by atoms with Crippen molar-refractivity contribution < 1.29 is 4.79 Å². The van der Waals surface area contributed by atoms with Crippen LogP contribution in [0, 0.1) is 13.8 Å². The van der Waals surface area contributed by atoms with Gasteiger partial charge in [0.15, 0.2) is 0 Å². The van der Waals surface area contributed by atoms with Gasteiger partial charge in [-0.05, 0) is 51.7 Å². The largest absolute Gasteiger partial charge is 0.336 e. The van der Waals surface area contributed by atoms with E-state index in [0.29, 0.717) is 6.42 Å². The molecular weight excluding hydrogens is 300 g/mol. The predicted molar refractivity (Wildman–Crippen MR) is 93.5 cm³/mol. The van der Waals surface area contributed by atoms with Gasteiger partial charge in [-0.2, -0.15) is 5.10 Å². The van der Waals surface area contributed by atoms with Gasteiger partial charge in [-0.1, -0.05) is 6.07 Å². The van der Waals surface area contributed by atoms with Crippen LogP contribution in [0.15, 0.2) is 24.4 Å². The van der Waals surface area contributed by atoms with Crippen molar-refractivity contribution in [1.82, 2.24) is 19.7 Å². The van der Waals surface area contributed by atoms with Crippen LogP contribution in [0.25, 0.3) is 0 Å². The van der Waals surface area contributed by atoms with Gasteiger partial charge in [0.05, 0.1) is 11.7 Å². The van der Waals surface area contributed by atoms with Crippen LogP contribution < -0.4 is 0 Å². The average Bonchev–Trinajstić information content (AvgIpc) is 3.13. The minimum atomic E-state index is 0.195. The van der Waals surface area contributed by atoms with Crippen molar-refractivity contribution in [3.63, 3.8) is 0 Å². The molecule has 24 heavy (non-hydrogen) atoms. The zero-order valence-electron chi connectivity index (χ0n) is 14.8. The summed E-state index contributed by atoms with van der Waals surface area (Å²) in [5, 5.41) is 4.52. The molecule has 0 N–H and O–H groups in total. The van der Waals surface area contributed by atoms with Crippen molar-refractivity contribution in [3.8, 4) is 0 Å². The quantitative estimate of drug-likeness (QED) is 0.848. The van der Waals surface area contributed by atoms with E-state index in [1.54, 1.807) is 0 Å². The molecule has 1 unspecified atom stereocenters. The fourth-order valence-corrected chi connectivity index (χ4v) is 3.75. The number of aryl methyl sites for hydroxylation is 3. The summed E-state index contributed by atoms with van der Waals surface area (Å²) in [6.07, 6.45) is 6.22. The summed E-state index contributed by atoms with van der Waals surface area (Å²) in [6, 6.07) is 6.13. The number of rotatable bonds is 5. The second-order valence-corrected chi connectivity index (χ2v) is 6.63. The molecule has 0 aromatic carbocycles. The molecule has 1 amide bonds. The molecule has 128 valence electrons. The highest BCUT2D eigenvalue weighted by atomic mass is 16.2. The first kappa shape index (κ1) is 16.7. The molecule has 0 aliphatic carbocycles. The molecule has 5 heteroatoms. The lowest BCUT2D eigenvalue weighted by atomic mass is 10.0. The van der Waals surface area contributed by atoms with E-state index < -0.39 is 0 Å². The van der Waals surface area contributed by atoms with E-state index in [4.69, 9.17) is 0 Å². The van der Waals surface area contributed by atoms with Gasteiger partial charge in [0, 0.05) is 43.2 Å². The number of nitrogens with zero attached hydrogens (tertiary/aromatic N) is 4. The Balaban J connectivity index is 1.63. The van der Waals surface area contributed by atoms with Gasteiger partial charge < -0.3 is 4.90 Å². The third-order valence-corrected chi connectivity index (χ3v) is 5.02. The Kier molecular flexibility index (Phi) is 4.97. The molecular formula is C19H26N4O. The first-order chi connectivity index (χ1) is 11.6. The number of carbonyl (C=O) groups is 1. The lowest BCUT2D eigenvalue weighted by molar-refractivity contribution is -0.132. The van der Waals surface area contributed by atoms with Gasteiger partial charge >= 0.3 is 0 Å². The number of likely N-dealkylation sites (tertiary alicyclic amines) is 1. The highest BCUT2D eigenvalue weighted by Crippen LogP contribution is 2.35. The van der Waals surface area contributed by atoms with Gasteiger partial charge in [0.25, 0.3) is 0 Å². The maximum absolute atomic E-state index is 12.7. The van der Waals surface area contributed by atoms with Crippen molar-refractivity contribution in [2.24, 2.45) is 7.05 Å². The van der Waals surface area contributed by atoms with Crippen LogP contribution in [0.5, 0.6) is 0 Å². The standard InChI is InChI=1S/C19H26N4O/c1-14-19(15(2)22(3)21-14)17-10-7-13-23(17)18(24)11-6-9-16-8-4-5-12-20-16/h4-5,8,12,17H,6-7,9-11,13H2,1-3H3. The molecule has 2 aromatic rings. The van der Waals surface area contributed by atoms with E-state index in [2.05, 4.69) is 21.9 Å². The first-order valence-corrected chi connectivity index (χ1v) is 8.77. The Morgan fingerprint density at radius 2 is 2.17 bits per heavy atom. The molecule has 1 atom stereocenters. The summed E-state index contributed by atoms with van der Waals surface area (Å²) in [5.74, 6) is 0.260. The molecule has 3 rings (SSSR count). The van der Waals surface area contributed by atoms with E-state index in [1.807, 2.05) is 43.0 Å². The number of hydrogen-bond donors (Lipinski definition) is 0. The summed E-state index contributed by atoms with van der Waals surface area (Å²) in [7, 11) is 1.97. The highest BCUT2D eigenvalue weighted by Gasteiger charge is 2.32. The minimum Gasteiger partial charge on any atom is -0.336 e. The molecule has 1 fully saturated rings. The fraction of sp³-hybridized carbons (Fsp3) is 0.526. The highest BCUT2D eigenvalue weighted by molar-refractivity contribution is 5.77. The summed E-state index contributed by atoms with van der Waals surface area (Å²) < 4.78 is 1.92. The molecule has 2 aromatic heterocycles. The maximum Gasteiger partial charge on any atom is 0.223 e. The van der Waals surface area contributed by atoms with Gasteiger partial charge in [0.2, 0.25) is 5.91 Å². The van der Waals surface area contributed by atoms with Gasteiger partial charge in [-0.25, -0.2) is 0 Å². The number of hydrogen-bond acceptors (Lipinski definition) is 3. The minimum absolute atomic E-state index is 0.195. The molecule has 3 heterocycles.